The summed E-state index contributed by atoms with van der Waals surface area (Å²) < 4.78 is 10.9. The van der Waals surface area contributed by atoms with Crippen molar-refractivity contribution in [3.63, 3.8) is 0 Å². The van der Waals surface area contributed by atoms with Gasteiger partial charge in [0.25, 0.3) is 0 Å². The molecule has 0 amide bonds. The van der Waals surface area contributed by atoms with E-state index in [4.69, 9.17) is 14.6 Å². The Bertz CT molecular complexity index is 308. The van der Waals surface area contributed by atoms with Crippen molar-refractivity contribution in [1.82, 2.24) is 0 Å². The Kier molecular flexibility index (Phi) is 11.5. The van der Waals surface area contributed by atoms with E-state index in [9.17, 15) is 10.2 Å². The van der Waals surface area contributed by atoms with Crippen LogP contribution in [0.2, 0.25) is 0 Å². The summed E-state index contributed by atoms with van der Waals surface area (Å²) in [5, 5.41) is 28.4. The zero-order chi connectivity index (χ0) is 16.9. The summed E-state index contributed by atoms with van der Waals surface area (Å²) in [7, 11) is 0. The highest BCUT2D eigenvalue weighted by Crippen LogP contribution is 2.20. The fourth-order valence-electron chi connectivity index (χ4n) is 2.71. The third-order valence-corrected chi connectivity index (χ3v) is 4.22. The third kappa shape index (κ3) is 8.27. The van der Waals surface area contributed by atoms with Crippen LogP contribution in [0.5, 0.6) is 0 Å². The zero-order valence-corrected chi connectivity index (χ0v) is 14.4. The van der Waals surface area contributed by atoms with E-state index in [1.54, 1.807) is 0 Å². The summed E-state index contributed by atoms with van der Waals surface area (Å²) in [6.07, 6.45) is 10.9. The molecule has 1 rings (SSSR count). The summed E-state index contributed by atoms with van der Waals surface area (Å²) in [6, 6.07) is 0. The van der Waals surface area contributed by atoms with Crippen LogP contribution >= 0.6 is 0 Å². The minimum atomic E-state index is -1.05. The zero-order valence-electron chi connectivity index (χ0n) is 14.4. The van der Waals surface area contributed by atoms with Crippen LogP contribution in [-0.4, -0.2) is 59.6 Å². The Balaban J connectivity index is 1.96. The van der Waals surface area contributed by atoms with Crippen LogP contribution < -0.4 is 0 Å². The molecule has 0 aromatic carbocycles. The molecule has 1 fully saturated rings. The van der Waals surface area contributed by atoms with E-state index in [0.29, 0.717) is 6.61 Å². The van der Waals surface area contributed by atoms with Gasteiger partial charge in [0.2, 0.25) is 0 Å². The normalized spacial score (nSPS) is 26.2. The minimum Gasteiger partial charge on any atom is -0.394 e. The monoisotopic (exact) mass is 330 g/mol. The van der Waals surface area contributed by atoms with Crippen molar-refractivity contribution in [3.8, 4) is 0 Å². The average Bonchev–Trinajstić information content (AvgIpc) is 2.93. The molecule has 23 heavy (non-hydrogen) atoms. The van der Waals surface area contributed by atoms with E-state index in [-0.39, 0.29) is 6.61 Å². The van der Waals surface area contributed by atoms with Crippen molar-refractivity contribution >= 4 is 0 Å². The molecule has 0 saturated carbocycles. The first-order chi connectivity index (χ1) is 11.2. The molecule has 0 aromatic rings. The molecule has 0 aliphatic carbocycles. The van der Waals surface area contributed by atoms with Crippen LogP contribution in [0, 0.1) is 0 Å². The van der Waals surface area contributed by atoms with E-state index in [0.717, 1.165) is 19.3 Å². The summed E-state index contributed by atoms with van der Waals surface area (Å²) in [6.45, 7) is 2.66. The molecule has 4 atom stereocenters. The lowest BCUT2D eigenvalue weighted by molar-refractivity contribution is -0.0730. The van der Waals surface area contributed by atoms with E-state index in [2.05, 4.69) is 19.1 Å². The summed E-state index contributed by atoms with van der Waals surface area (Å²) in [5.41, 5.74) is 0. The van der Waals surface area contributed by atoms with Crippen molar-refractivity contribution in [1.29, 1.82) is 0 Å². The molecule has 0 aromatic heterocycles. The smallest absolute Gasteiger partial charge is 0.114 e. The number of hydrogen-bond donors (Lipinski definition) is 3. The molecule has 0 spiro atoms. The maximum Gasteiger partial charge on any atom is 0.114 e. The maximum atomic E-state index is 9.98. The van der Waals surface area contributed by atoms with Crippen molar-refractivity contribution in [2.24, 2.45) is 0 Å². The van der Waals surface area contributed by atoms with E-state index >= 15 is 0 Å². The van der Waals surface area contributed by atoms with Gasteiger partial charge in [-0.1, -0.05) is 44.8 Å². The van der Waals surface area contributed by atoms with Crippen LogP contribution in [0.1, 0.15) is 58.3 Å². The first-order valence-corrected chi connectivity index (χ1v) is 9.05. The first-order valence-electron chi connectivity index (χ1n) is 9.05. The van der Waals surface area contributed by atoms with E-state index < -0.39 is 31.0 Å². The predicted molar refractivity (Wildman–Crippen MR) is 90.3 cm³/mol. The van der Waals surface area contributed by atoms with Gasteiger partial charge in [0, 0.05) is 6.61 Å². The quantitative estimate of drug-likeness (QED) is 0.356. The molecular formula is C18H34O5. The molecule has 5 nitrogen and oxygen atoms in total. The molecule has 0 unspecified atom stereocenters. The molecule has 1 saturated heterocycles. The number of aliphatic hydroxyl groups excluding tert-OH is 3. The van der Waals surface area contributed by atoms with Gasteiger partial charge in [0.15, 0.2) is 0 Å². The summed E-state index contributed by atoms with van der Waals surface area (Å²) in [4.78, 5) is 0. The average molecular weight is 330 g/mol. The van der Waals surface area contributed by atoms with Gasteiger partial charge in [0.05, 0.1) is 13.2 Å². The lowest BCUT2D eigenvalue weighted by atomic mass is 10.1. The van der Waals surface area contributed by atoms with Crippen molar-refractivity contribution in [2.45, 2.75) is 82.7 Å². The van der Waals surface area contributed by atoms with Gasteiger partial charge < -0.3 is 24.8 Å². The Hall–Kier alpha value is -0.460. The van der Waals surface area contributed by atoms with Gasteiger partial charge >= 0.3 is 0 Å². The molecule has 1 aliphatic rings. The van der Waals surface area contributed by atoms with E-state index in [1.807, 2.05) is 0 Å². The Labute approximate surface area is 140 Å². The third-order valence-electron chi connectivity index (χ3n) is 4.22. The van der Waals surface area contributed by atoms with Gasteiger partial charge in [-0.25, -0.2) is 0 Å². The topological polar surface area (TPSA) is 79.2 Å². The summed E-state index contributed by atoms with van der Waals surface area (Å²) in [5.74, 6) is 0. The first kappa shape index (κ1) is 20.6. The second-order valence-corrected chi connectivity index (χ2v) is 6.26. The van der Waals surface area contributed by atoms with Crippen molar-refractivity contribution in [2.75, 3.05) is 19.8 Å². The standard InChI is InChI=1S/C18H34O5/c1-2-3-4-5-6-7-8-9-10-11-12-22-16-14-23-18(17(16)21)15(20)13-19/h5-6,15-21H,2-4,7-14H2,1H3/b6-5+/t15-,16+,17-,18-/m1/s1. The van der Waals surface area contributed by atoms with Gasteiger partial charge in [-0.05, 0) is 25.7 Å². The number of allylic oxidation sites excluding steroid dienone is 2. The molecule has 0 radical (unpaired) electrons. The van der Waals surface area contributed by atoms with Gasteiger partial charge in [0.1, 0.15) is 24.4 Å². The molecule has 1 aliphatic heterocycles. The molecule has 136 valence electrons. The van der Waals surface area contributed by atoms with Crippen molar-refractivity contribution < 1.29 is 24.8 Å². The Morgan fingerprint density at radius 2 is 1.83 bits per heavy atom. The Morgan fingerprint density at radius 1 is 1.13 bits per heavy atom. The fraction of sp³-hybridized carbons (Fsp3) is 0.889. The lowest BCUT2D eigenvalue weighted by Gasteiger charge is -2.20. The SMILES string of the molecule is CCCC/C=C/CCCCCCO[C@H]1CO[C@H]([C@H](O)CO)[C@@H]1O. The van der Waals surface area contributed by atoms with E-state index in [1.165, 1.54) is 32.1 Å². The highest BCUT2D eigenvalue weighted by atomic mass is 16.6. The highest BCUT2D eigenvalue weighted by Gasteiger charge is 2.40. The minimum absolute atomic E-state index is 0.269. The Morgan fingerprint density at radius 3 is 2.52 bits per heavy atom. The van der Waals surface area contributed by atoms with Crippen LogP contribution in [0.4, 0.5) is 0 Å². The van der Waals surface area contributed by atoms with Crippen LogP contribution in [0.25, 0.3) is 0 Å². The second-order valence-electron chi connectivity index (χ2n) is 6.26. The predicted octanol–water partition coefficient (Wildman–Crippen LogP) is 2.18. The number of aliphatic hydroxyl groups is 3. The van der Waals surface area contributed by atoms with Crippen LogP contribution in [-0.2, 0) is 9.47 Å². The summed E-state index contributed by atoms with van der Waals surface area (Å²) >= 11 is 0. The lowest BCUT2D eigenvalue weighted by Crippen LogP contribution is -2.41. The molecule has 5 heteroatoms. The van der Waals surface area contributed by atoms with Gasteiger partial charge in [-0.3, -0.25) is 0 Å². The number of rotatable bonds is 13. The second kappa shape index (κ2) is 12.9. The van der Waals surface area contributed by atoms with Gasteiger partial charge in [-0.15, -0.1) is 0 Å². The maximum absolute atomic E-state index is 9.98. The fourth-order valence-corrected chi connectivity index (χ4v) is 2.71. The van der Waals surface area contributed by atoms with Gasteiger partial charge in [-0.2, -0.15) is 0 Å². The molecule has 3 N–H and O–H groups in total. The largest absolute Gasteiger partial charge is 0.394 e. The number of unbranched alkanes of at least 4 members (excludes halogenated alkanes) is 6. The number of hydrogen-bond acceptors (Lipinski definition) is 5. The van der Waals surface area contributed by atoms with Crippen LogP contribution in [0.15, 0.2) is 12.2 Å². The van der Waals surface area contributed by atoms with Crippen molar-refractivity contribution in [3.05, 3.63) is 12.2 Å². The number of ether oxygens (including phenoxy) is 2. The highest BCUT2D eigenvalue weighted by molar-refractivity contribution is 4.88. The molecule has 0 bridgehead atoms. The molecular weight excluding hydrogens is 296 g/mol. The molecule has 1 heterocycles. The van der Waals surface area contributed by atoms with Crippen LogP contribution in [0.3, 0.4) is 0 Å².